The minimum Gasteiger partial charge on any atom is -0.462 e. The number of carbonyl (C=O) groups is 2. The Bertz CT molecular complexity index is 727. The lowest BCUT2D eigenvalue weighted by atomic mass is 9.67. The average molecular weight is 509 g/mol. The van der Waals surface area contributed by atoms with Gasteiger partial charge < -0.3 is 18.9 Å². The van der Waals surface area contributed by atoms with Gasteiger partial charge in [-0.25, -0.2) is 0 Å². The summed E-state index contributed by atoms with van der Waals surface area (Å²) in [6, 6.07) is 0. The summed E-state index contributed by atoms with van der Waals surface area (Å²) in [5.41, 5.74) is 0. The van der Waals surface area contributed by atoms with Crippen molar-refractivity contribution < 1.29 is 28.5 Å². The second-order valence-corrected chi connectivity index (χ2v) is 12.6. The largest absolute Gasteiger partial charge is 0.462 e. The minimum atomic E-state index is -1.12. The van der Waals surface area contributed by atoms with Gasteiger partial charge in [-0.3, -0.25) is 9.59 Å². The Labute approximate surface area is 219 Å². The summed E-state index contributed by atoms with van der Waals surface area (Å²) in [7, 11) is 0. The van der Waals surface area contributed by atoms with Crippen LogP contribution in [0.25, 0.3) is 0 Å². The van der Waals surface area contributed by atoms with Crippen LogP contribution in [0.5, 0.6) is 0 Å². The predicted octanol–water partition coefficient (Wildman–Crippen LogP) is 6.40. The summed E-state index contributed by atoms with van der Waals surface area (Å²) in [6.07, 6.45) is 6.31. The van der Waals surface area contributed by atoms with Crippen molar-refractivity contribution in [3.05, 3.63) is 0 Å². The zero-order valence-corrected chi connectivity index (χ0v) is 24.1. The van der Waals surface area contributed by atoms with E-state index in [0.29, 0.717) is 55.1 Å². The second-order valence-electron chi connectivity index (χ2n) is 12.6. The van der Waals surface area contributed by atoms with E-state index in [0.717, 1.165) is 32.1 Å². The molecule has 0 aliphatic heterocycles. The molecule has 3 saturated carbocycles. The first-order valence-corrected chi connectivity index (χ1v) is 14.7. The summed E-state index contributed by atoms with van der Waals surface area (Å²) in [4.78, 5) is 27.3. The summed E-state index contributed by atoms with van der Waals surface area (Å²) in [6.45, 7) is 17.8. The third-order valence-corrected chi connectivity index (χ3v) is 9.17. The van der Waals surface area contributed by atoms with Gasteiger partial charge in [0.2, 0.25) is 0 Å². The Morgan fingerprint density at radius 1 is 0.750 bits per heavy atom. The molecule has 0 aromatic carbocycles. The number of carbonyl (C=O) groups excluding carboxylic acids is 2. The van der Waals surface area contributed by atoms with Crippen molar-refractivity contribution in [3.8, 4) is 0 Å². The fourth-order valence-corrected chi connectivity index (χ4v) is 7.05. The van der Waals surface area contributed by atoms with Crippen molar-refractivity contribution in [1.29, 1.82) is 0 Å². The molecule has 0 aromatic heterocycles. The van der Waals surface area contributed by atoms with Crippen molar-refractivity contribution in [1.82, 2.24) is 0 Å². The fourth-order valence-electron chi connectivity index (χ4n) is 7.05. The molecule has 0 unspecified atom stereocenters. The van der Waals surface area contributed by atoms with E-state index in [2.05, 4.69) is 41.5 Å². The van der Waals surface area contributed by atoms with Crippen LogP contribution in [0.4, 0.5) is 0 Å². The number of ether oxygens (including phenoxy) is 4. The van der Waals surface area contributed by atoms with Crippen LogP contribution in [0.15, 0.2) is 0 Å². The smallest absolute Gasteiger partial charge is 0.315 e. The van der Waals surface area contributed by atoms with E-state index in [-0.39, 0.29) is 24.1 Å². The van der Waals surface area contributed by atoms with Crippen molar-refractivity contribution in [2.75, 3.05) is 13.2 Å². The zero-order valence-electron chi connectivity index (χ0n) is 24.1. The van der Waals surface area contributed by atoms with Crippen LogP contribution in [0.3, 0.4) is 0 Å². The second kappa shape index (κ2) is 12.6. The molecule has 0 heterocycles. The summed E-state index contributed by atoms with van der Waals surface area (Å²) < 4.78 is 24.5. The maximum absolute atomic E-state index is 13.8. The molecule has 208 valence electrons. The van der Waals surface area contributed by atoms with Gasteiger partial charge in [-0.2, -0.15) is 0 Å². The Hall–Kier alpha value is -1.14. The molecular weight excluding hydrogens is 456 g/mol. The molecule has 6 heteroatoms. The lowest BCUT2D eigenvalue weighted by Crippen LogP contribution is -2.64. The topological polar surface area (TPSA) is 71.1 Å². The van der Waals surface area contributed by atoms with Crippen molar-refractivity contribution in [3.63, 3.8) is 0 Å². The Morgan fingerprint density at radius 2 is 1.19 bits per heavy atom. The van der Waals surface area contributed by atoms with E-state index in [1.165, 1.54) is 6.42 Å². The fraction of sp³-hybridized carbons (Fsp3) is 0.933. The minimum absolute atomic E-state index is 0.100. The molecule has 36 heavy (non-hydrogen) atoms. The van der Waals surface area contributed by atoms with Crippen LogP contribution >= 0.6 is 0 Å². The van der Waals surface area contributed by atoms with Crippen molar-refractivity contribution >= 4 is 11.9 Å². The first kappa shape index (κ1) is 29.4. The van der Waals surface area contributed by atoms with E-state index < -0.39 is 17.6 Å². The van der Waals surface area contributed by atoms with Crippen LogP contribution < -0.4 is 0 Å². The lowest BCUT2D eigenvalue weighted by Gasteiger charge is -2.51. The van der Waals surface area contributed by atoms with Gasteiger partial charge in [0.05, 0.1) is 5.92 Å². The molecule has 0 amide bonds. The Balaban J connectivity index is 1.79. The van der Waals surface area contributed by atoms with E-state index in [9.17, 15) is 9.59 Å². The van der Waals surface area contributed by atoms with Crippen LogP contribution in [-0.4, -0.2) is 43.1 Å². The highest BCUT2D eigenvalue weighted by Crippen LogP contribution is 2.50. The summed E-state index contributed by atoms with van der Waals surface area (Å²) in [5, 5.41) is 0. The highest BCUT2D eigenvalue weighted by atomic mass is 16.7. The van der Waals surface area contributed by atoms with Gasteiger partial charge in [0, 0.05) is 19.6 Å². The van der Waals surface area contributed by atoms with E-state index in [4.69, 9.17) is 18.9 Å². The lowest BCUT2D eigenvalue weighted by molar-refractivity contribution is -0.324. The zero-order chi connectivity index (χ0) is 26.6. The molecular formula is C30H52O6. The molecule has 0 N–H and O–H groups in total. The third-order valence-electron chi connectivity index (χ3n) is 9.17. The number of hydrogen-bond acceptors (Lipinski definition) is 6. The average Bonchev–Trinajstić information content (AvgIpc) is 2.77. The molecule has 3 fully saturated rings. The quantitative estimate of drug-likeness (QED) is 0.251. The Kier molecular flexibility index (Phi) is 10.3. The molecule has 6 nitrogen and oxygen atoms in total. The highest BCUT2D eigenvalue weighted by Gasteiger charge is 2.64. The normalized spacial score (nSPS) is 36.4. The van der Waals surface area contributed by atoms with Crippen LogP contribution in [-0.2, 0) is 28.5 Å². The predicted molar refractivity (Wildman–Crippen MR) is 140 cm³/mol. The maximum Gasteiger partial charge on any atom is 0.315 e. The first-order chi connectivity index (χ1) is 17.0. The van der Waals surface area contributed by atoms with Crippen LogP contribution in [0.1, 0.15) is 100 Å². The van der Waals surface area contributed by atoms with Crippen molar-refractivity contribution in [2.24, 2.45) is 47.3 Å². The number of hydrogen-bond donors (Lipinski definition) is 0. The molecule has 0 spiro atoms. The maximum atomic E-state index is 13.8. The van der Waals surface area contributed by atoms with Crippen molar-refractivity contribution in [2.45, 2.75) is 118 Å². The molecule has 0 radical (unpaired) electrons. The van der Waals surface area contributed by atoms with E-state index in [1.807, 2.05) is 13.8 Å². The van der Waals surface area contributed by atoms with Gasteiger partial charge in [-0.05, 0) is 75.0 Å². The van der Waals surface area contributed by atoms with Gasteiger partial charge >= 0.3 is 11.9 Å². The van der Waals surface area contributed by atoms with Gasteiger partial charge in [-0.1, -0.05) is 54.4 Å². The highest BCUT2D eigenvalue weighted by molar-refractivity contribution is 5.85. The van der Waals surface area contributed by atoms with Gasteiger partial charge in [0.1, 0.15) is 18.1 Å². The molecule has 0 bridgehead atoms. The van der Waals surface area contributed by atoms with Gasteiger partial charge in [-0.15, -0.1) is 0 Å². The number of rotatable bonds is 10. The van der Waals surface area contributed by atoms with Gasteiger partial charge in [0.25, 0.3) is 0 Å². The molecule has 8 atom stereocenters. The monoisotopic (exact) mass is 508 g/mol. The SMILES string of the molecule is CCOC1(OCC)C[C@H](C(=O)O[C@@H]2C[C@H](C)CC[C@H]2C(C)C)[C@H]1C(=O)O[C@@H]1C[C@H](C)CC[C@H]1C(C)C. The van der Waals surface area contributed by atoms with Crippen LogP contribution in [0, 0.1) is 47.3 Å². The third kappa shape index (κ3) is 6.46. The van der Waals surface area contributed by atoms with Crippen LogP contribution in [0.2, 0.25) is 0 Å². The van der Waals surface area contributed by atoms with E-state index in [1.54, 1.807) is 0 Å². The van der Waals surface area contributed by atoms with Gasteiger partial charge in [0.15, 0.2) is 5.79 Å². The van der Waals surface area contributed by atoms with E-state index >= 15 is 0 Å². The summed E-state index contributed by atoms with van der Waals surface area (Å²) in [5.74, 6) is -0.554. The number of esters is 2. The Morgan fingerprint density at radius 3 is 1.61 bits per heavy atom. The molecule has 3 aliphatic carbocycles. The molecule has 3 rings (SSSR count). The molecule has 0 saturated heterocycles. The summed E-state index contributed by atoms with van der Waals surface area (Å²) >= 11 is 0. The first-order valence-electron chi connectivity index (χ1n) is 14.7. The molecule has 3 aliphatic rings. The molecule has 0 aromatic rings. The standard InChI is InChI=1S/C30H52O6/c1-9-33-30(34-10-2)17-24(28(31)35-25-15-20(7)11-13-22(25)18(3)4)27(30)29(32)36-26-16-21(8)12-14-23(26)19(5)6/h18-27H,9-17H2,1-8H3/t20-,21-,22+,23+,24+,25-,26-,27+/m1/s1.